The van der Waals surface area contributed by atoms with E-state index in [-0.39, 0.29) is 18.2 Å². The molecule has 1 aliphatic carbocycles. The predicted molar refractivity (Wildman–Crippen MR) is 79.5 cm³/mol. The Labute approximate surface area is 121 Å². The molecule has 2 atom stereocenters. The van der Waals surface area contributed by atoms with Crippen LogP contribution in [0.1, 0.15) is 31.7 Å². The number of rotatable bonds is 6. The molecule has 2 rings (SSSR count). The van der Waals surface area contributed by atoms with Crippen LogP contribution in [0.5, 0.6) is 11.5 Å². The van der Waals surface area contributed by atoms with Crippen molar-refractivity contribution in [1.82, 2.24) is 5.32 Å². The second kappa shape index (κ2) is 6.46. The summed E-state index contributed by atoms with van der Waals surface area (Å²) < 4.78 is 11.5. The van der Waals surface area contributed by atoms with Gasteiger partial charge in [0.15, 0.2) is 11.5 Å². The van der Waals surface area contributed by atoms with Gasteiger partial charge in [-0.3, -0.25) is 0 Å². The van der Waals surface area contributed by atoms with Gasteiger partial charge in [-0.1, -0.05) is 13.0 Å². The maximum Gasteiger partial charge on any atom is 0.161 e. The van der Waals surface area contributed by atoms with E-state index in [2.05, 4.69) is 18.3 Å². The minimum Gasteiger partial charge on any atom is -0.493 e. The molecular formula is C16H25NO3. The third-order valence-electron chi connectivity index (χ3n) is 4.33. The minimum atomic E-state index is -0.193. The fourth-order valence-electron chi connectivity index (χ4n) is 2.84. The highest BCUT2D eigenvalue weighted by atomic mass is 16.5. The maximum absolute atomic E-state index is 9.53. The monoisotopic (exact) mass is 279 g/mol. The highest BCUT2D eigenvalue weighted by Gasteiger charge is 2.38. The molecule has 1 fully saturated rings. The molecule has 0 aromatic heterocycles. The first-order valence-electron chi connectivity index (χ1n) is 7.29. The summed E-state index contributed by atoms with van der Waals surface area (Å²) in [5.41, 5.74) is 1.04. The van der Waals surface area contributed by atoms with E-state index in [0.717, 1.165) is 37.2 Å². The van der Waals surface area contributed by atoms with Gasteiger partial charge in [-0.05, 0) is 44.0 Å². The molecule has 4 heteroatoms. The lowest BCUT2D eigenvalue weighted by Gasteiger charge is -2.26. The van der Waals surface area contributed by atoms with Gasteiger partial charge >= 0.3 is 0 Å². The molecule has 0 saturated heterocycles. The largest absolute Gasteiger partial charge is 0.493 e. The SMILES string of the molecule is CCc1ccc(OC2CCC(CO)(NC)C2)c(OC)c1. The number of aryl methyl sites for hydroxylation is 1. The van der Waals surface area contributed by atoms with Crippen molar-refractivity contribution in [3.63, 3.8) is 0 Å². The molecule has 1 aliphatic rings. The van der Waals surface area contributed by atoms with Crippen molar-refractivity contribution in [2.24, 2.45) is 0 Å². The molecule has 0 heterocycles. The lowest BCUT2D eigenvalue weighted by molar-refractivity contribution is 0.144. The highest BCUT2D eigenvalue weighted by molar-refractivity contribution is 5.43. The quantitative estimate of drug-likeness (QED) is 0.837. The zero-order chi connectivity index (χ0) is 14.6. The Morgan fingerprint density at radius 1 is 1.40 bits per heavy atom. The predicted octanol–water partition coefficient (Wildman–Crippen LogP) is 2.14. The standard InChI is InChI=1S/C16H25NO3/c1-4-12-5-6-14(15(9-12)19-3)20-13-7-8-16(10-13,11-18)17-2/h5-6,9,13,17-18H,4,7-8,10-11H2,1-3H3. The zero-order valence-electron chi connectivity index (χ0n) is 12.6. The van der Waals surface area contributed by atoms with Crippen LogP contribution in [0, 0.1) is 0 Å². The third-order valence-corrected chi connectivity index (χ3v) is 4.33. The Morgan fingerprint density at radius 2 is 2.20 bits per heavy atom. The molecular weight excluding hydrogens is 254 g/mol. The molecule has 4 nitrogen and oxygen atoms in total. The second-order valence-corrected chi connectivity index (χ2v) is 5.51. The number of likely N-dealkylation sites (N-methyl/N-ethyl adjacent to an activating group) is 1. The van der Waals surface area contributed by atoms with E-state index in [9.17, 15) is 5.11 Å². The van der Waals surface area contributed by atoms with E-state index in [1.165, 1.54) is 5.56 Å². The molecule has 0 aliphatic heterocycles. The zero-order valence-corrected chi connectivity index (χ0v) is 12.6. The Morgan fingerprint density at radius 3 is 2.75 bits per heavy atom. The fourth-order valence-corrected chi connectivity index (χ4v) is 2.84. The lowest BCUT2D eigenvalue weighted by Crippen LogP contribution is -2.44. The van der Waals surface area contributed by atoms with Crippen LogP contribution in [-0.4, -0.2) is 37.5 Å². The second-order valence-electron chi connectivity index (χ2n) is 5.51. The van der Waals surface area contributed by atoms with Crippen molar-refractivity contribution < 1.29 is 14.6 Å². The van der Waals surface area contributed by atoms with Gasteiger partial charge in [0.2, 0.25) is 0 Å². The normalized spacial score (nSPS) is 25.7. The van der Waals surface area contributed by atoms with Crippen molar-refractivity contribution in [2.75, 3.05) is 20.8 Å². The van der Waals surface area contributed by atoms with Crippen LogP contribution in [0.3, 0.4) is 0 Å². The van der Waals surface area contributed by atoms with E-state index < -0.39 is 0 Å². The summed E-state index contributed by atoms with van der Waals surface area (Å²) in [6, 6.07) is 6.09. The number of aliphatic hydroxyl groups excluding tert-OH is 1. The van der Waals surface area contributed by atoms with Gasteiger partial charge < -0.3 is 19.9 Å². The first-order valence-corrected chi connectivity index (χ1v) is 7.29. The number of nitrogens with one attached hydrogen (secondary N) is 1. The summed E-state index contributed by atoms with van der Waals surface area (Å²) in [7, 11) is 3.57. The minimum absolute atomic E-state index is 0.121. The molecule has 1 aromatic carbocycles. The van der Waals surface area contributed by atoms with Gasteiger partial charge in [0.1, 0.15) is 6.10 Å². The first kappa shape index (κ1) is 15.1. The van der Waals surface area contributed by atoms with Crippen LogP contribution in [-0.2, 0) is 6.42 Å². The molecule has 1 aromatic rings. The van der Waals surface area contributed by atoms with Crippen LogP contribution < -0.4 is 14.8 Å². The van der Waals surface area contributed by atoms with E-state index in [0.29, 0.717) is 0 Å². The summed E-state index contributed by atoms with van der Waals surface area (Å²) in [6.07, 6.45) is 3.79. The van der Waals surface area contributed by atoms with Crippen molar-refractivity contribution in [1.29, 1.82) is 0 Å². The van der Waals surface area contributed by atoms with Gasteiger partial charge in [0.25, 0.3) is 0 Å². The van der Waals surface area contributed by atoms with Gasteiger partial charge in [0.05, 0.1) is 13.7 Å². The first-order chi connectivity index (χ1) is 9.66. The average Bonchev–Trinajstić information content (AvgIpc) is 2.91. The number of hydrogen-bond donors (Lipinski definition) is 2. The fraction of sp³-hybridized carbons (Fsp3) is 0.625. The van der Waals surface area contributed by atoms with Crippen molar-refractivity contribution in [3.8, 4) is 11.5 Å². The Hall–Kier alpha value is -1.26. The summed E-state index contributed by atoms with van der Waals surface area (Å²) in [6.45, 7) is 2.27. The van der Waals surface area contributed by atoms with E-state index in [1.54, 1.807) is 7.11 Å². The Bertz CT molecular complexity index is 443. The van der Waals surface area contributed by atoms with Crippen molar-refractivity contribution in [2.45, 2.75) is 44.2 Å². The van der Waals surface area contributed by atoms with Crippen molar-refractivity contribution >= 4 is 0 Å². The van der Waals surface area contributed by atoms with Gasteiger partial charge in [-0.15, -0.1) is 0 Å². The Balaban J connectivity index is 2.08. The molecule has 0 spiro atoms. The van der Waals surface area contributed by atoms with Gasteiger partial charge in [-0.2, -0.15) is 0 Å². The maximum atomic E-state index is 9.53. The number of hydrogen-bond acceptors (Lipinski definition) is 4. The van der Waals surface area contributed by atoms with E-state index in [1.807, 2.05) is 19.2 Å². The smallest absolute Gasteiger partial charge is 0.161 e. The van der Waals surface area contributed by atoms with Gasteiger partial charge in [-0.25, -0.2) is 0 Å². The van der Waals surface area contributed by atoms with Crippen LogP contribution in [0.2, 0.25) is 0 Å². The lowest BCUT2D eigenvalue weighted by atomic mass is 9.99. The highest BCUT2D eigenvalue weighted by Crippen LogP contribution is 2.36. The molecule has 2 unspecified atom stereocenters. The average molecular weight is 279 g/mol. The number of methoxy groups -OCH3 is 1. The molecule has 0 radical (unpaired) electrons. The van der Waals surface area contributed by atoms with Crippen LogP contribution >= 0.6 is 0 Å². The number of ether oxygens (including phenoxy) is 2. The van der Waals surface area contributed by atoms with Gasteiger partial charge in [0, 0.05) is 12.0 Å². The van der Waals surface area contributed by atoms with Crippen LogP contribution in [0.4, 0.5) is 0 Å². The molecule has 112 valence electrons. The van der Waals surface area contributed by atoms with Crippen molar-refractivity contribution in [3.05, 3.63) is 23.8 Å². The summed E-state index contributed by atoms with van der Waals surface area (Å²) in [5.74, 6) is 1.58. The van der Waals surface area contributed by atoms with Crippen LogP contribution in [0.15, 0.2) is 18.2 Å². The molecule has 2 N–H and O–H groups in total. The van der Waals surface area contributed by atoms with E-state index >= 15 is 0 Å². The van der Waals surface area contributed by atoms with E-state index in [4.69, 9.17) is 9.47 Å². The molecule has 0 amide bonds. The Kier molecular flexibility index (Phi) is 4.89. The summed E-state index contributed by atoms with van der Waals surface area (Å²) in [5, 5.41) is 12.8. The molecule has 1 saturated carbocycles. The summed E-state index contributed by atoms with van der Waals surface area (Å²) >= 11 is 0. The molecule has 20 heavy (non-hydrogen) atoms. The van der Waals surface area contributed by atoms with Crippen LogP contribution in [0.25, 0.3) is 0 Å². The number of benzene rings is 1. The third kappa shape index (κ3) is 3.07. The number of aliphatic hydroxyl groups is 1. The summed E-state index contributed by atoms with van der Waals surface area (Å²) in [4.78, 5) is 0. The molecule has 0 bridgehead atoms. The topological polar surface area (TPSA) is 50.7 Å².